The van der Waals surface area contributed by atoms with Crippen molar-refractivity contribution in [1.29, 1.82) is 0 Å². The minimum absolute atomic E-state index is 0.219. The van der Waals surface area contributed by atoms with Gasteiger partial charge in [0.25, 0.3) is 0 Å². The normalized spacial score (nSPS) is 10.9. The molecule has 2 N–H and O–H groups in total. The molecule has 0 radical (unpaired) electrons. The lowest BCUT2D eigenvalue weighted by Crippen LogP contribution is -1.87. The van der Waals surface area contributed by atoms with Gasteiger partial charge in [-0.25, -0.2) is 0 Å². The van der Waals surface area contributed by atoms with Crippen LogP contribution in [0.2, 0.25) is 0 Å². The average molecular weight is 216 g/mol. The van der Waals surface area contributed by atoms with Gasteiger partial charge in [0.2, 0.25) is 5.13 Å². The number of rotatable bonds is 1. The topological polar surface area (TPSA) is 26.0 Å². The Bertz CT molecular complexity index is 452. The van der Waals surface area contributed by atoms with E-state index in [1.807, 2.05) is 18.2 Å². The van der Waals surface area contributed by atoms with Gasteiger partial charge in [0.1, 0.15) is 0 Å². The molecule has 0 aliphatic heterocycles. The fraction of sp³-hybridized carbons (Fsp3) is 0.111. The van der Waals surface area contributed by atoms with Crippen LogP contribution in [0.15, 0.2) is 18.2 Å². The van der Waals surface area contributed by atoms with Crippen molar-refractivity contribution in [2.45, 2.75) is 5.88 Å². The van der Waals surface area contributed by atoms with E-state index in [4.69, 9.17) is 17.3 Å². The first-order valence-corrected chi connectivity index (χ1v) is 5.10. The molecule has 4 heteroatoms. The Morgan fingerprint density at radius 1 is 1.46 bits per heavy atom. The minimum atomic E-state index is -0.326. The molecule has 13 heavy (non-hydrogen) atoms. The molecule has 0 aliphatic rings. The fourth-order valence-electron chi connectivity index (χ4n) is 1.33. The van der Waals surface area contributed by atoms with Crippen LogP contribution in [0.1, 0.15) is 5.56 Å². The standard InChI is InChI=1S/C9H7ClFNS/c10-4-5-2-1-3-6-7(5)8(12)9(11)13-6/h1-3H,4,12H2. The van der Waals surface area contributed by atoms with Crippen molar-refractivity contribution >= 4 is 38.7 Å². The molecule has 0 atom stereocenters. The first-order valence-electron chi connectivity index (χ1n) is 3.75. The lowest BCUT2D eigenvalue weighted by atomic mass is 10.1. The van der Waals surface area contributed by atoms with E-state index in [0.29, 0.717) is 5.88 Å². The highest BCUT2D eigenvalue weighted by Gasteiger charge is 2.11. The molecule has 0 bridgehead atoms. The van der Waals surface area contributed by atoms with Crippen molar-refractivity contribution < 1.29 is 4.39 Å². The third-order valence-corrected chi connectivity index (χ3v) is 3.18. The molecule has 1 aromatic carbocycles. The molecule has 0 spiro atoms. The average Bonchev–Trinajstić information content (AvgIpc) is 2.43. The summed E-state index contributed by atoms with van der Waals surface area (Å²) in [5.74, 6) is 0.359. The number of anilines is 1. The Hall–Kier alpha value is -0.800. The number of nitrogen functional groups attached to an aromatic ring is 1. The first kappa shape index (κ1) is 8.78. The summed E-state index contributed by atoms with van der Waals surface area (Å²) in [7, 11) is 0. The third-order valence-electron chi connectivity index (χ3n) is 1.94. The smallest absolute Gasteiger partial charge is 0.200 e. The SMILES string of the molecule is Nc1c(F)sc2cccc(CCl)c12. The van der Waals surface area contributed by atoms with Crippen molar-refractivity contribution in [2.75, 3.05) is 5.73 Å². The molecular formula is C9H7ClFNS. The molecule has 0 saturated carbocycles. The van der Waals surface area contributed by atoms with Gasteiger partial charge in [-0.05, 0) is 11.6 Å². The highest BCUT2D eigenvalue weighted by molar-refractivity contribution is 7.18. The third kappa shape index (κ3) is 1.28. The molecular weight excluding hydrogens is 209 g/mol. The van der Waals surface area contributed by atoms with E-state index in [9.17, 15) is 4.39 Å². The second-order valence-corrected chi connectivity index (χ2v) is 3.98. The van der Waals surface area contributed by atoms with Gasteiger partial charge in [0, 0.05) is 16.0 Å². The van der Waals surface area contributed by atoms with Crippen molar-refractivity contribution in [3.8, 4) is 0 Å². The highest BCUT2D eigenvalue weighted by Crippen LogP contribution is 2.34. The predicted molar refractivity (Wildman–Crippen MR) is 55.8 cm³/mol. The zero-order valence-electron chi connectivity index (χ0n) is 6.68. The molecule has 2 rings (SSSR count). The fourth-order valence-corrected chi connectivity index (χ4v) is 2.45. The van der Waals surface area contributed by atoms with Crippen molar-refractivity contribution in [3.63, 3.8) is 0 Å². The van der Waals surface area contributed by atoms with Crippen LogP contribution in [-0.4, -0.2) is 0 Å². The summed E-state index contributed by atoms with van der Waals surface area (Å²) < 4.78 is 14.0. The van der Waals surface area contributed by atoms with Gasteiger partial charge in [0.05, 0.1) is 5.69 Å². The number of benzene rings is 1. The molecule has 0 saturated heterocycles. The van der Waals surface area contributed by atoms with Crippen LogP contribution in [0.25, 0.3) is 10.1 Å². The highest BCUT2D eigenvalue weighted by atomic mass is 35.5. The van der Waals surface area contributed by atoms with E-state index in [-0.39, 0.29) is 10.8 Å². The van der Waals surface area contributed by atoms with Crippen LogP contribution < -0.4 is 5.73 Å². The van der Waals surface area contributed by atoms with Gasteiger partial charge in [-0.2, -0.15) is 4.39 Å². The van der Waals surface area contributed by atoms with Crippen LogP contribution in [0, 0.1) is 5.13 Å². The molecule has 0 unspecified atom stereocenters. The van der Waals surface area contributed by atoms with Crippen molar-refractivity contribution in [2.24, 2.45) is 0 Å². The van der Waals surface area contributed by atoms with E-state index in [1.165, 1.54) is 0 Å². The Labute approximate surface area is 83.9 Å². The van der Waals surface area contributed by atoms with E-state index >= 15 is 0 Å². The summed E-state index contributed by atoms with van der Waals surface area (Å²) >= 11 is 6.77. The molecule has 68 valence electrons. The number of hydrogen-bond acceptors (Lipinski definition) is 2. The number of halogens is 2. The number of alkyl halides is 1. The monoisotopic (exact) mass is 215 g/mol. The Balaban J connectivity index is 2.87. The maximum atomic E-state index is 13.1. The molecule has 0 aliphatic carbocycles. The molecule has 0 fully saturated rings. The lowest BCUT2D eigenvalue weighted by Gasteiger charge is -1.98. The van der Waals surface area contributed by atoms with Crippen molar-refractivity contribution in [3.05, 3.63) is 28.9 Å². The van der Waals surface area contributed by atoms with Crippen LogP contribution in [0.3, 0.4) is 0 Å². The van der Waals surface area contributed by atoms with Gasteiger partial charge < -0.3 is 5.73 Å². The number of nitrogens with two attached hydrogens (primary N) is 1. The van der Waals surface area contributed by atoms with Crippen LogP contribution in [-0.2, 0) is 5.88 Å². The predicted octanol–water partition coefficient (Wildman–Crippen LogP) is 3.36. The maximum Gasteiger partial charge on any atom is 0.200 e. The van der Waals surface area contributed by atoms with Gasteiger partial charge in [-0.1, -0.05) is 12.1 Å². The summed E-state index contributed by atoms with van der Waals surface area (Å²) in [4.78, 5) is 0. The zero-order valence-corrected chi connectivity index (χ0v) is 8.25. The Morgan fingerprint density at radius 2 is 2.23 bits per heavy atom. The quantitative estimate of drug-likeness (QED) is 0.726. The molecule has 0 amide bonds. The molecule has 1 aromatic heterocycles. The van der Waals surface area contributed by atoms with Crippen LogP contribution >= 0.6 is 22.9 Å². The van der Waals surface area contributed by atoms with Crippen molar-refractivity contribution in [1.82, 2.24) is 0 Å². The zero-order chi connectivity index (χ0) is 9.42. The van der Waals surface area contributed by atoms with Crippen LogP contribution in [0.4, 0.5) is 10.1 Å². The van der Waals surface area contributed by atoms with E-state index < -0.39 is 0 Å². The van der Waals surface area contributed by atoms with E-state index in [1.54, 1.807) is 0 Å². The minimum Gasteiger partial charge on any atom is -0.395 e. The van der Waals surface area contributed by atoms with Gasteiger partial charge >= 0.3 is 0 Å². The van der Waals surface area contributed by atoms with E-state index in [0.717, 1.165) is 27.0 Å². The number of hydrogen-bond donors (Lipinski definition) is 1. The Kier molecular flexibility index (Phi) is 2.14. The lowest BCUT2D eigenvalue weighted by molar-refractivity contribution is 0.662. The van der Waals surface area contributed by atoms with E-state index in [2.05, 4.69) is 0 Å². The van der Waals surface area contributed by atoms with Crippen LogP contribution in [0.5, 0.6) is 0 Å². The summed E-state index contributed by atoms with van der Waals surface area (Å²) in [5.41, 5.74) is 6.70. The summed E-state index contributed by atoms with van der Waals surface area (Å²) in [6, 6.07) is 5.56. The molecule has 2 aromatic rings. The second-order valence-electron chi connectivity index (χ2n) is 2.71. The largest absolute Gasteiger partial charge is 0.395 e. The van der Waals surface area contributed by atoms with Gasteiger partial charge in [0.15, 0.2) is 0 Å². The summed E-state index contributed by atoms with van der Waals surface area (Å²) in [6.45, 7) is 0. The summed E-state index contributed by atoms with van der Waals surface area (Å²) in [5, 5.41) is 0.438. The van der Waals surface area contributed by atoms with Gasteiger partial charge in [-0.3, -0.25) is 0 Å². The maximum absolute atomic E-state index is 13.1. The number of fused-ring (bicyclic) bond motifs is 1. The molecule has 1 heterocycles. The first-order chi connectivity index (χ1) is 6.24. The van der Waals surface area contributed by atoms with Gasteiger partial charge in [-0.15, -0.1) is 22.9 Å². The molecule has 1 nitrogen and oxygen atoms in total. The number of thiophene rings is 1. The Morgan fingerprint density at radius 3 is 2.92 bits per heavy atom. The second kappa shape index (κ2) is 3.16. The summed E-state index contributed by atoms with van der Waals surface area (Å²) in [6.07, 6.45) is 0.